The number of sulfonamides is 1. The van der Waals surface area contributed by atoms with E-state index in [4.69, 9.17) is 20.9 Å². The number of aromatic nitrogens is 2. The fraction of sp³-hybridized carbons (Fsp3) is 0.158. The summed E-state index contributed by atoms with van der Waals surface area (Å²) >= 11 is 5.88. The van der Waals surface area contributed by atoms with E-state index in [0.717, 1.165) is 0 Å². The monoisotopic (exact) mass is 419 g/mol. The minimum Gasteiger partial charge on any atom is -0.497 e. The van der Waals surface area contributed by atoms with Gasteiger partial charge in [0.15, 0.2) is 0 Å². The predicted octanol–water partition coefficient (Wildman–Crippen LogP) is 3.78. The van der Waals surface area contributed by atoms with E-state index in [1.165, 1.54) is 29.6 Å². The lowest BCUT2D eigenvalue weighted by molar-refractivity contribution is 0.327. The van der Waals surface area contributed by atoms with Gasteiger partial charge in [0.25, 0.3) is 0 Å². The Morgan fingerprint density at radius 1 is 1.18 bits per heavy atom. The van der Waals surface area contributed by atoms with Gasteiger partial charge in [0.2, 0.25) is 21.7 Å². The highest BCUT2D eigenvalue weighted by atomic mass is 35.5. The third-order valence-corrected chi connectivity index (χ3v) is 5.99. The van der Waals surface area contributed by atoms with Crippen LogP contribution in [0.4, 0.5) is 0 Å². The zero-order valence-corrected chi connectivity index (χ0v) is 16.7. The molecule has 0 saturated heterocycles. The first-order valence-corrected chi connectivity index (χ1v) is 10.1. The molecule has 146 valence electrons. The number of benzene rings is 2. The van der Waals surface area contributed by atoms with Gasteiger partial charge in [0.05, 0.1) is 18.6 Å². The van der Waals surface area contributed by atoms with E-state index in [1.807, 2.05) is 0 Å². The van der Waals surface area contributed by atoms with Crippen molar-refractivity contribution in [3.63, 3.8) is 0 Å². The average molecular weight is 420 g/mol. The molecule has 0 atom stereocenters. The van der Waals surface area contributed by atoms with Crippen molar-refractivity contribution in [3.8, 4) is 17.1 Å². The second kappa shape index (κ2) is 8.55. The summed E-state index contributed by atoms with van der Waals surface area (Å²) in [6, 6.07) is 13.1. The van der Waals surface area contributed by atoms with Crippen LogP contribution in [0.5, 0.6) is 5.75 Å². The number of rotatable bonds is 8. The average Bonchev–Trinajstić information content (AvgIpc) is 3.17. The van der Waals surface area contributed by atoms with Crippen LogP contribution in [0.3, 0.4) is 0 Å². The van der Waals surface area contributed by atoms with Crippen molar-refractivity contribution in [2.45, 2.75) is 11.4 Å². The molecule has 28 heavy (non-hydrogen) atoms. The largest absolute Gasteiger partial charge is 0.497 e. The molecule has 0 radical (unpaired) electrons. The van der Waals surface area contributed by atoms with Gasteiger partial charge in [-0.05, 0) is 48.5 Å². The molecule has 0 aliphatic carbocycles. The van der Waals surface area contributed by atoms with Crippen molar-refractivity contribution in [2.24, 2.45) is 0 Å². The van der Waals surface area contributed by atoms with Gasteiger partial charge in [-0.3, -0.25) is 0 Å². The maximum Gasteiger partial charge on any atom is 0.243 e. The Morgan fingerprint density at radius 3 is 2.46 bits per heavy atom. The summed E-state index contributed by atoms with van der Waals surface area (Å²) in [5.41, 5.74) is 0.715. The van der Waals surface area contributed by atoms with E-state index in [0.29, 0.717) is 22.2 Å². The van der Waals surface area contributed by atoms with Crippen molar-refractivity contribution in [2.75, 3.05) is 13.7 Å². The van der Waals surface area contributed by atoms with Gasteiger partial charge in [-0.15, -0.1) is 6.58 Å². The Labute approximate surface area is 168 Å². The Morgan fingerprint density at radius 2 is 1.86 bits per heavy atom. The van der Waals surface area contributed by atoms with Crippen LogP contribution in [0.1, 0.15) is 5.89 Å². The lowest BCUT2D eigenvalue weighted by Crippen LogP contribution is -2.31. The second-order valence-electron chi connectivity index (χ2n) is 5.78. The fourth-order valence-corrected chi connectivity index (χ4v) is 3.96. The van der Waals surface area contributed by atoms with Gasteiger partial charge in [-0.25, -0.2) is 8.42 Å². The van der Waals surface area contributed by atoms with Gasteiger partial charge in [0, 0.05) is 17.1 Å². The minimum atomic E-state index is -3.79. The molecule has 0 spiro atoms. The van der Waals surface area contributed by atoms with E-state index >= 15 is 0 Å². The van der Waals surface area contributed by atoms with Gasteiger partial charge in [-0.1, -0.05) is 22.8 Å². The maximum absolute atomic E-state index is 13.0. The van der Waals surface area contributed by atoms with Crippen LogP contribution in [-0.4, -0.2) is 36.5 Å². The van der Waals surface area contributed by atoms with Crippen LogP contribution in [-0.2, 0) is 16.6 Å². The molecular formula is C19H18ClN3O4S. The van der Waals surface area contributed by atoms with Gasteiger partial charge >= 0.3 is 0 Å². The van der Waals surface area contributed by atoms with E-state index < -0.39 is 10.0 Å². The molecular weight excluding hydrogens is 402 g/mol. The van der Waals surface area contributed by atoms with Crippen LogP contribution < -0.4 is 4.74 Å². The molecule has 7 nitrogen and oxygen atoms in total. The Bertz CT molecular complexity index is 1050. The highest BCUT2D eigenvalue weighted by Gasteiger charge is 2.26. The van der Waals surface area contributed by atoms with Crippen LogP contribution in [0, 0.1) is 0 Å². The van der Waals surface area contributed by atoms with E-state index in [1.54, 1.807) is 36.4 Å². The first kappa shape index (κ1) is 20.1. The maximum atomic E-state index is 13.0. The molecule has 0 saturated carbocycles. The van der Waals surface area contributed by atoms with Gasteiger partial charge < -0.3 is 9.26 Å². The molecule has 0 unspecified atom stereocenters. The van der Waals surface area contributed by atoms with Crippen LogP contribution >= 0.6 is 11.6 Å². The number of halogens is 1. The summed E-state index contributed by atoms with van der Waals surface area (Å²) in [4.78, 5) is 4.42. The number of ether oxygens (including phenoxy) is 1. The van der Waals surface area contributed by atoms with Crippen LogP contribution in [0.2, 0.25) is 5.02 Å². The first-order valence-electron chi connectivity index (χ1n) is 8.27. The second-order valence-corrected chi connectivity index (χ2v) is 8.15. The van der Waals surface area contributed by atoms with E-state index in [2.05, 4.69) is 16.7 Å². The third kappa shape index (κ3) is 4.41. The zero-order valence-electron chi connectivity index (χ0n) is 15.1. The summed E-state index contributed by atoms with van der Waals surface area (Å²) in [6.45, 7) is 3.64. The molecule has 0 fully saturated rings. The Kier molecular flexibility index (Phi) is 6.13. The van der Waals surface area contributed by atoms with Crippen LogP contribution in [0.25, 0.3) is 11.4 Å². The van der Waals surface area contributed by atoms with Crippen molar-refractivity contribution in [1.82, 2.24) is 14.4 Å². The number of methoxy groups -OCH3 is 1. The minimum absolute atomic E-state index is 0.0824. The molecule has 2 aromatic carbocycles. The van der Waals surface area contributed by atoms with Crippen molar-refractivity contribution in [1.29, 1.82) is 0 Å². The molecule has 1 aromatic heterocycles. The standard InChI is InChI=1S/C19H18ClN3O4S/c1-3-12-23(28(24,25)17-10-8-16(26-2)9-11-17)13-18-21-19(22-27-18)14-4-6-15(20)7-5-14/h3-11H,1,12-13H2,2H3. The SMILES string of the molecule is C=CCN(Cc1nc(-c2ccc(Cl)cc2)no1)S(=O)(=O)c1ccc(OC)cc1. The quantitative estimate of drug-likeness (QED) is 0.516. The van der Waals surface area contributed by atoms with E-state index in [-0.39, 0.29) is 23.9 Å². The van der Waals surface area contributed by atoms with Crippen molar-refractivity contribution >= 4 is 21.6 Å². The molecule has 0 aliphatic rings. The van der Waals surface area contributed by atoms with Crippen molar-refractivity contribution < 1.29 is 17.7 Å². The number of nitrogens with zero attached hydrogens (tertiary/aromatic N) is 3. The molecule has 0 bridgehead atoms. The smallest absolute Gasteiger partial charge is 0.243 e. The Balaban J connectivity index is 1.84. The molecule has 0 amide bonds. The Hall–Kier alpha value is -2.68. The summed E-state index contributed by atoms with van der Waals surface area (Å²) < 4.78 is 37.5. The van der Waals surface area contributed by atoms with Crippen molar-refractivity contribution in [3.05, 3.63) is 72.1 Å². The fourth-order valence-electron chi connectivity index (χ4n) is 2.47. The lowest BCUT2D eigenvalue weighted by atomic mass is 10.2. The van der Waals surface area contributed by atoms with Crippen LogP contribution in [0.15, 0.2) is 70.6 Å². The molecule has 9 heteroatoms. The predicted molar refractivity (Wildman–Crippen MR) is 106 cm³/mol. The van der Waals surface area contributed by atoms with Gasteiger partial charge in [-0.2, -0.15) is 9.29 Å². The molecule has 3 aromatic rings. The summed E-state index contributed by atoms with van der Waals surface area (Å²) in [5, 5.41) is 4.51. The lowest BCUT2D eigenvalue weighted by Gasteiger charge is -2.19. The molecule has 0 aliphatic heterocycles. The third-order valence-electron chi connectivity index (χ3n) is 3.91. The normalized spacial score (nSPS) is 11.5. The number of hydrogen-bond acceptors (Lipinski definition) is 6. The molecule has 0 N–H and O–H groups in total. The highest BCUT2D eigenvalue weighted by Crippen LogP contribution is 2.23. The summed E-state index contributed by atoms with van der Waals surface area (Å²) in [6.07, 6.45) is 1.50. The molecule has 3 rings (SSSR count). The molecule has 1 heterocycles. The van der Waals surface area contributed by atoms with E-state index in [9.17, 15) is 8.42 Å². The highest BCUT2D eigenvalue weighted by molar-refractivity contribution is 7.89. The van der Waals surface area contributed by atoms with Gasteiger partial charge in [0.1, 0.15) is 5.75 Å². The number of hydrogen-bond donors (Lipinski definition) is 0. The topological polar surface area (TPSA) is 85.5 Å². The summed E-state index contributed by atoms with van der Waals surface area (Å²) in [5.74, 6) is 1.09. The first-order chi connectivity index (χ1) is 13.4. The zero-order chi connectivity index (χ0) is 20.1. The summed E-state index contributed by atoms with van der Waals surface area (Å²) in [7, 11) is -2.27.